The summed E-state index contributed by atoms with van der Waals surface area (Å²) < 4.78 is 5.75. The van der Waals surface area contributed by atoms with Crippen molar-refractivity contribution < 1.29 is 4.74 Å². The summed E-state index contributed by atoms with van der Waals surface area (Å²) in [7, 11) is 2.18. The predicted molar refractivity (Wildman–Crippen MR) is 57.2 cm³/mol. The van der Waals surface area contributed by atoms with Crippen LogP contribution in [0.15, 0.2) is 0 Å². The zero-order valence-electron chi connectivity index (χ0n) is 9.49. The lowest BCUT2D eigenvalue weighted by Gasteiger charge is -2.28. The Balaban J connectivity index is 1.87. The molecule has 1 saturated carbocycles. The van der Waals surface area contributed by atoms with Gasteiger partial charge in [0.15, 0.2) is 0 Å². The Morgan fingerprint density at radius 2 is 2.07 bits per heavy atom. The molecule has 0 amide bonds. The van der Waals surface area contributed by atoms with Gasteiger partial charge in [0.2, 0.25) is 0 Å². The van der Waals surface area contributed by atoms with Crippen molar-refractivity contribution in [1.82, 2.24) is 4.90 Å². The summed E-state index contributed by atoms with van der Waals surface area (Å²) in [6.45, 7) is 5.35. The Bertz CT molecular complexity index is 215. The molecule has 82 valence electrons. The zero-order valence-corrected chi connectivity index (χ0v) is 9.49. The lowest BCUT2D eigenvalue weighted by Crippen LogP contribution is -2.45. The Hall–Kier alpha value is -0.120. The SMILES string of the molecule is CC1CC(N(C)CC2(N)CC2)C(C)O1. The molecule has 0 bridgehead atoms. The van der Waals surface area contributed by atoms with E-state index in [1.807, 2.05) is 0 Å². The van der Waals surface area contributed by atoms with Crippen LogP contribution >= 0.6 is 0 Å². The van der Waals surface area contributed by atoms with Crippen molar-refractivity contribution >= 4 is 0 Å². The zero-order chi connectivity index (χ0) is 10.3. The maximum Gasteiger partial charge on any atom is 0.0706 e. The molecule has 3 nitrogen and oxygen atoms in total. The van der Waals surface area contributed by atoms with E-state index < -0.39 is 0 Å². The van der Waals surface area contributed by atoms with E-state index in [4.69, 9.17) is 10.5 Å². The van der Waals surface area contributed by atoms with E-state index in [-0.39, 0.29) is 5.54 Å². The van der Waals surface area contributed by atoms with Crippen LogP contribution in [0, 0.1) is 0 Å². The first kappa shape index (κ1) is 10.4. The minimum absolute atomic E-state index is 0.125. The van der Waals surface area contributed by atoms with Crippen LogP contribution in [0.5, 0.6) is 0 Å². The van der Waals surface area contributed by atoms with Gasteiger partial charge in [-0.25, -0.2) is 0 Å². The van der Waals surface area contributed by atoms with Gasteiger partial charge in [-0.2, -0.15) is 0 Å². The Morgan fingerprint density at radius 3 is 2.50 bits per heavy atom. The van der Waals surface area contributed by atoms with Crippen LogP contribution in [-0.4, -0.2) is 42.3 Å². The molecule has 2 N–H and O–H groups in total. The predicted octanol–water partition coefficient (Wildman–Crippen LogP) is 0.975. The maximum atomic E-state index is 6.11. The highest BCUT2D eigenvalue weighted by Crippen LogP contribution is 2.34. The molecule has 2 fully saturated rings. The molecule has 0 radical (unpaired) electrons. The van der Waals surface area contributed by atoms with Crippen molar-refractivity contribution in [1.29, 1.82) is 0 Å². The first-order valence-electron chi connectivity index (χ1n) is 5.65. The molecular weight excluding hydrogens is 176 g/mol. The summed E-state index contributed by atoms with van der Waals surface area (Å²) in [5.41, 5.74) is 6.24. The van der Waals surface area contributed by atoms with E-state index in [0.29, 0.717) is 18.2 Å². The van der Waals surface area contributed by atoms with E-state index in [9.17, 15) is 0 Å². The second kappa shape index (κ2) is 3.47. The second-order valence-electron chi connectivity index (χ2n) is 5.23. The van der Waals surface area contributed by atoms with Crippen molar-refractivity contribution in [3.8, 4) is 0 Å². The fraction of sp³-hybridized carbons (Fsp3) is 1.00. The van der Waals surface area contributed by atoms with Gasteiger partial charge in [0.25, 0.3) is 0 Å². The van der Waals surface area contributed by atoms with Crippen LogP contribution in [0.4, 0.5) is 0 Å². The van der Waals surface area contributed by atoms with Gasteiger partial charge < -0.3 is 10.5 Å². The summed E-state index contributed by atoms with van der Waals surface area (Å²) in [5, 5.41) is 0. The van der Waals surface area contributed by atoms with Crippen molar-refractivity contribution in [3.63, 3.8) is 0 Å². The van der Waals surface area contributed by atoms with Gasteiger partial charge >= 0.3 is 0 Å². The van der Waals surface area contributed by atoms with Gasteiger partial charge in [0.1, 0.15) is 0 Å². The monoisotopic (exact) mass is 198 g/mol. The Labute approximate surface area is 86.6 Å². The number of ether oxygens (including phenoxy) is 1. The number of rotatable bonds is 3. The van der Waals surface area contributed by atoms with Crippen molar-refractivity contribution in [2.45, 2.75) is 56.9 Å². The van der Waals surface area contributed by atoms with Gasteiger partial charge in [-0.05, 0) is 40.2 Å². The van der Waals surface area contributed by atoms with Crippen molar-refractivity contribution in [2.75, 3.05) is 13.6 Å². The molecule has 1 heterocycles. The molecule has 1 saturated heterocycles. The Morgan fingerprint density at radius 1 is 1.43 bits per heavy atom. The molecule has 3 unspecified atom stereocenters. The summed E-state index contributed by atoms with van der Waals surface area (Å²) >= 11 is 0. The highest BCUT2D eigenvalue weighted by atomic mass is 16.5. The fourth-order valence-electron chi connectivity index (χ4n) is 2.52. The minimum atomic E-state index is 0.125. The van der Waals surface area contributed by atoms with Gasteiger partial charge in [-0.15, -0.1) is 0 Å². The van der Waals surface area contributed by atoms with Crippen molar-refractivity contribution in [2.24, 2.45) is 5.73 Å². The van der Waals surface area contributed by atoms with Crippen LogP contribution in [0.2, 0.25) is 0 Å². The molecule has 2 aliphatic rings. The Kier molecular flexibility index (Phi) is 2.58. The molecule has 14 heavy (non-hydrogen) atoms. The van der Waals surface area contributed by atoms with Crippen LogP contribution < -0.4 is 5.73 Å². The number of nitrogens with zero attached hydrogens (tertiary/aromatic N) is 1. The lowest BCUT2D eigenvalue weighted by atomic mass is 10.1. The minimum Gasteiger partial charge on any atom is -0.374 e. The third-order valence-electron chi connectivity index (χ3n) is 3.58. The van der Waals surface area contributed by atoms with Crippen molar-refractivity contribution in [3.05, 3.63) is 0 Å². The number of nitrogens with two attached hydrogens (primary N) is 1. The molecule has 1 aliphatic carbocycles. The summed E-state index contributed by atoms with van der Waals surface area (Å²) in [6, 6.07) is 0.561. The lowest BCUT2D eigenvalue weighted by molar-refractivity contribution is 0.0444. The third-order valence-corrected chi connectivity index (χ3v) is 3.58. The van der Waals surface area contributed by atoms with Gasteiger partial charge in [-0.3, -0.25) is 4.90 Å². The molecule has 3 atom stereocenters. The van der Waals surface area contributed by atoms with Crippen LogP contribution in [0.3, 0.4) is 0 Å². The second-order valence-corrected chi connectivity index (χ2v) is 5.23. The van der Waals surface area contributed by atoms with E-state index in [1.165, 1.54) is 12.8 Å². The normalized spacial score (nSPS) is 40.5. The average molecular weight is 198 g/mol. The van der Waals surface area contributed by atoms with Gasteiger partial charge in [0, 0.05) is 18.1 Å². The quantitative estimate of drug-likeness (QED) is 0.734. The van der Waals surface area contributed by atoms with E-state index in [2.05, 4.69) is 25.8 Å². The van der Waals surface area contributed by atoms with Crippen LogP contribution in [0.1, 0.15) is 33.1 Å². The molecular formula is C11H22N2O. The highest BCUT2D eigenvalue weighted by molar-refractivity contribution is 5.02. The number of hydrogen-bond donors (Lipinski definition) is 1. The summed E-state index contributed by atoms with van der Waals surface area (Å²) in [6.07, 6.45) is 4.29. The average Bonchev–Trinajstić information content (AvgIpc) is 2.68. The standard InChI is InChI=1S/C11H22N2O/c1-8-6-10(9(2)14-8)13(3)7-11(12)4-5-11/h8-10H,4-7,12H2,1-3H3. The first-order valence-corrected chi connectivity index (χ1v) is 5.65. The number of hydrogen-bond acceptors (Lipinski definition) is 3. The van der Waals surface area contributed by atoms with Gasteiger partial charge in [-0.1, -0.05) is 0 Å². The van der Waals surface area contributed by atoms with Crippen LogP contribution in [0.25, 0.3) is 0 Å². The molecule has 0 aromatic heterocycles. The molecule has 0 spiro atoms. The smallest absolute Gasteiger partial charge is 0.0706 e. The summed E-state index contributed by atoms with van der Waals surface area (Å²) in [4.78, 5) is 2.39. The first-order chi connectivity index (χ1) is 6.50. The fourth-order valence-corrected chi connectivity index (χ4v) is 2.52. The molecule has 2 rings (SSSR count). The highest BCUT2D eigenvalue weighted by Gasteiger charge is 2.42. The maximum absolute atomic E-state index is 6.11. The number of likely N-dealkylation sites (N-methyl/N-ethyl adjacent to an activating group) is 1. The molecule has 3 heteroatoms. The largest absolute Gasteiger partial charge is 0.374 e. The van der Waals surface area contributed by atoms with E-state index in [0.717, 1.165) is 13.0 Å². The van der Waals surface area contributed by atoms with E-state index in [1.54, 1.807) is 0 Å². The van der Waals surface area contributed by atoms with E-state index >= 15 is 0 Å². The molecule has 0 aromatic rings. The van der Waals surface area contributed by atoms with Gasteiger partial charge in [0.05, 0.1) is 12.2 Å². The molecule has 1 aliphatic heterocycles. The topological polar surface area (TPSA) is 38.5 Å². The third kappa shape index (κ3) is 2.10. The molecule has 0 aromatic carbocycles. The van der Waals surface area contributed by atoms with Crippen LogP contribution in [-0.2, 0) is 4.74 Å². The summed E-state index contributed by atoms with van der Waals surface area (Å²) in [5.74, 6) is 0.